The number of carbonyl (C=O) groups is 1. The lowest BCUT2D eigenvalue weighted by atomic mass is 9.84. The molecule has 11 heteroatoms. The lowest BCUT2D eigenvalue weighted by Gasteiger charge is -2.43. The molecule has 44 heavy (non-hydrogen) atoms. The number of carbonyl (C=O) groups excluding carboxylic acids is 1. The number of piperidine rings is 2. The Hall–Kier alpha value is -3.38. The summed E-state index contributed by atoms with van der Waals surface area (Å²) in [5, 5.41) is 23.6. The molecule has 6 rings (SSSR count). The number of benzene rings is 2. The van der Waals surface area contributed by atoms with E-state index in [1.54, 1.807) is 0 Å². The lowest BCUT2D eigenvalue weighted by Crippen LogP contribution is -2.56. The summed E-state index contributed by atoms with van der Waals surface area (Å²) in [7, 11) is 0. The van der Waals surface area contributed by atoms with Crippen molar-refractivity contribution in [2.24, 2.45) is 0 Å². The number of halogens is 3. The number of hydrogen-bond acceptors (Lipinski definition) is 6. The number of morpholine rings is 1. The number of β-amino-alcohol motifs (C(OH)–C–C–N with tert-alkyl or cyclic N) is 1. The van der Waals surface area contributed by atoms with Gasteiger partial charge >= 0.3 is 0 Å². The van der Waals surface area contributed by atoms with E-state index < -0.39 is 29.2 Å². The Morgan fingerprint density at radius 1 is 1.02 bits per heavy atom. The van der Waals surface area contributed by atoms with Crippen molar-refractivity contribution in [1.29, 1.82) is 0 Å². The summed E-state index contributed by atoms with van der Waals surface area (Å²) >= 11 is 0. The van der Waals surface area contributed by atoms with E-state index in [-0.39, 0.29) is 37.4 Å². The van der Waals surface area contributed by atoms with Crippen molar-refractivity contribution in [1.82, 2.24) is 14.8 Å². The van der Waals surface area contributed by atoms with Gasteiger partial charge in [0.15, 0.2) is 17.5 Å². The van der Waals surface area contributed by atoms with Crippen molar-refractivity contribution in [3.8, 4) is 0 Å². The number of likely N-dealkylation sites (tertiary alicyclic amines) is 2. The standard InChI is InChI=1S/C33H39F3N4O4/c34-27-17-22(18-28(35)32(27)36)1-4-31(42)40-11-7-33(43,8-12-40)30(41)21-38-9-5-23(6-10-38)26-20-37-29-3-2-24(19-25(26)29)39-13-15-44-16-14-39/h1-4,17-20,23,30,37,41,43H,5-16,21H2. The topological polar surface area (TPSA) is 92.3 Å². The third-order valence-electron chi connectivity index (χ3n) is 9.52. The molecular weight excluding hydrogens is 573 g/mol. The van der Waals surface area contributed by atoms with Gasteiger partial charge < -0.3 is 34.6 Å². The highest BCUT2D eigenvalue weighted by Gasteiger charge is 2.40. The van der Waals surface area contributed by atoms with Crippen LogP contribution in [0.4, 0.5) is 18.9 Å². The molecule has 0 spiro atoms. The minimum Gasteiger partial charge on any atom is -0.389 e. The van der Waals surface area contributed by atoms with Gasteiger partial charge in [0.2, 0.25) is 5.91 Å². The first-order valence-electron chi connectivity index (χ1n) is 15.4. The summed E-state index contributed by atoms with van der Waals surface area (Å²) in [6, 6.07) is 8.24. The molecule has 1 unspecified atom stereocenters. The number of H-pyrrole nitrogens is 1. The number of amides is 1. The number of fused-ring (bicyclic) bond motifs is 1. The van der Waals surface area contributed by atoms with E-state index in [1.807, 2.05) is 0 Å². The molecule has 4 heterocycles. The molecule has 1 atom stereocenters. The Morgan fingerprint density at radius 2 is 1.70 bits per heavy atom. The van der Waals surface area contributed by atoms with E-state index in [9.17, 15) is 28.2 Å². The van der Waals surface area contributed by atoms with E-state index in [4.69, 9.17) is 4.74 Å². The highest BCUT2D eigenvalue weighted by molar-refractivity contribution is 5.92. The zero-order chi connectivity index (χ0) is 30.8. The van der Waals surface area contributed by atoms with E-state index in [0.29, 0.717) is 12.5 Å². The Kier molecular flexibility index (Phi) is 9.00. The molecule has 1 amide bonds. The van der Waals surface area contributed by atoms with E-state index in [2.05, 4.69) is 39.2 Å². The predicted molar refractivity (Wildman–Crippen MR) is 162 cm³/mol. The van der Waals surface area contributed by atoms with Crippen molar-refractivity contribution in [2.45, 2.75) is 43.3 Å². The number of hydrogen-bond donors (Lipinski definition) is 3. The Balaban J connectivity index is 0.996. The van der Waals surface area contributed by atoms with E-state index >= 15 is 0 Å². The minimum absolute atomic E-state index is 0.0323. The second-order valence-corrected chi connectivity index (χ2v) is 12.2. The predicted octanol–water partition coefficient (Wildman–Crippen LogP) is 4.03. The molecule has 0 radical (unpaired) electrons. The molecule has 0 aliphatic carbocycles. The first-order chi connectivity index (χ1) is 21.2. The van der Waals surface area contributed by atoms with Crippen molar-refractivity contribution in [3.63, 3.8) is 0 Å². The number of anilines is 1. The van der Waals surface area contributed by atoms with Crippen molar-refractivity contribution in [2.75, 3.05) is 63.9 Å². The van der Waals surface area contributed by atoms with Crippen LogP contribution in [0.3, 0.4) is 0 Å². The van der Waals surface area contributed by atoms with Gasteiger partial charge in [-0.05, 0) is 92.2 Å². The molecule has 1 aromatic heterocycles. The van der Waals surface area contributed by atoms with Crippen LogP contribution < -0.4 is 4.90 Å². The molecule has 3 aliphatic heterocycles. The van der Waals surface area contributed by atoms with Crippen molar-refractivity contribution in [3.05, 3.63) is 71.2 Å². The molecule has 3 aromatic rings. The van der Waals surface area contributed by atoms with Gasteiger partial charge in [0.05, 0.1) is 24.9 Å². The molecule has 0 bridgehead atoms. The molecule has 0 saturated carbocycles. The molecule has 3 fully saturated rings. The smallest absolute Gasteiger partial charge is 0.246 e. The van der Waals surface area contributed by atoms with Gasteiger partial charge in [-0.2, -0.15) is 0 Å². The Morgan fingerprint density at radius 3 is 2.39 bits per heavy atom. The Labute approximate surface area is 254 Å². The molecule has 236 valence electrons. The number of rotatable bonds is 7. The average molecular weight is 613 g/mol. The molecule has 3 N–H and O–H groups in total. The quantitative estimate of drug-likeness (QED) is 0.276. The fourth-order valence-corrected chi connectivity index (χ4v) is 6.72. The zero-order valence-corrected chi connectivity index (χ0v) is 24.7. The summed E-state index contributed by atoms with van der Waals surface area (Å²) < 4.78 is 45.6. The fraction of sp³-hybridized carbons (Fsp3) is 0.485. The highest BCUT2D eigenvalue weighted by Crippen LogP contribution is 2.36. The van der Waals surface area contributed by atoms with Gasteiger partial charge in [-0.15, -0.1) is 0 Å². The number of nitrogens with one attached hydrogen (secondary N) is 1. The SMILES string of the molecule is O=C(C=Cc1cc(F)c(F)c(F)c1)N1CCC(O)(C(O)CN2CCC(c3c[nH]c4ccc(N5CCOCC5)cc34)CC2)CC1. The maximum absolute atomic E-state index is 13.5. The van der Waals surface area contributed by atoms with Crippen molar-refractivity contribution >= 4 is 28.6 Å². The first kappa shape index (κ1) is 30.6. The van der Waals surface area contributed by atoms with Crippen LogP contribution in [0.1, 0.15) is 42.7 Å². The third-order valence-corrected chi connectivity index (χ3v) is 9.52. The lowest BCUT2D eigenvalue weighted by molar-refractivity contribution is -0.140. The molecule has 3 aliphatic rings. The van der Waals surface area contributed by atoms with Gasteiger partial charge in [-0.1, -0.05) is 0 Å². The van der Waals surface area contributed by atoms with Crippen molar-refractivity contribution < 1.29 is 32.9 Å². The van der Waals surface area contributed by atoms with Crippen LogP contribution in [-0.2, 0) is 9.53 Å². The monoisotopic (exact) mass is 612 g/mol. The van der Waals surface area contributed by atoms with Crippen LogP contribution in [0.25, 0.3) is 17.0 Å². The van der Waals surface area contributed by atoms with Crippen LogP contribution in [0.2, 0.25) is 0 Å². The molecule has 3 saturated heterocycles. The van der Waals surface area contributed by atoms with Gasteiger partial charge in [0.25, 0.3) is 0 Å². The number of aromatic amines is 1. The van der Waals surface area contributed by atoms with Gasteiger partial charge in [0, 0.05) is 61.6 Å². The zero-order valence-electron chi connectivity index (χ0n) is 24.7. The molecule has 2 aromatic carbocycles. The van der Waals surface area contributed by atoms with Crippen LogP contribution in [-0.4, -0.2) is 102 Å². The minimum atomic E-state index is -1.56. The fourth-order valence-electron chi connectivity index (χ4n) is 6.72. The number of aliphatic hydroxyl groups excluding tert-OH is 1. The summed E-state index contributed by atoms with van der Waals surface area (Å²) in [4.78, 5) is 22.2. The summed E-state index contributed by atoms with van der Waals surface area (Å²) in [6.45, 7) is 5.73. The second kappa shape index (κ2) is 12.9. The van der Waals surface area contributed by atoms with Crippen LogP contribution in [0.15, 0.2) is 42.6 Å². The molecular formula is C33H39F3N4O4. The summed E-state index contributed by atoms with van der Waals surface area (Å²) in [5.41, 5.74) is 2.40. The van der Waals surface area contributed by atoms with E-state index in [0.717, 1.165) is 69.9 Å². The number of aliphatic hydroxyl groups is 2. The van der Waals surface area contributed by atoms with E-state index in [1.165, 1.54) is 33.7 Å². The second-order valence-electron chi connectivity index (χ2n) is 12.2. The Bertz CT molecular complexity index is 1480. The highest BCUT2D eigenvalue weighted by atomic mass is 19.2. The molecule has 8 nitrogen and oxygen atoms in total. The summed E-state index contributed by atoms with van der Waals surface area (Å²) in [5.74, 6) is -4.18. The normalized spacial score (nSPS) is 20.9. The first-order valence-corrected chi connectivity index (χ1v) is 15.4. The third kappa shape index (κ3) is 6.51. The summed E-state index contributed by atoms with van der Waals surface area (Å²) in [6.07, 6.45) is 5.91. The van der Waals surface area contributed by atoms with Crippen LogP contribution in [0, 0.1) is 17.5 Å². The van der Waals surface area contributed by atoms with Crippen LogP contribution in [0.5, 0.6) is 0 Å². The average Bonchev–Trinajstić information content (AvgIpc) is 3.47. The van der Waals surface area contributed by atoms with Crippen LogP contribution >= 0.6 is 0 Å². The largest absolute Gasteiger partial charge is 0.389 e. The van der Waals surface area contributed by atoms with Gasteiger partial charge in [0.1, 0.15) is 0 Å². The maximum Gasteiger partial charge on any atom is 0.246 e. The van der Waals surface area contributed by atoms with Gasteiger partial charge in [-0.3, -0.25) is 4.79 Å². The number of nitrogens with zero attached hydrogens (tertiary/aromatic N) is 3. The number of ether oxygens (including phenoxy) is 1. The number of aromatic nitrogens is 1. The van der Waals surface area contributed by atoms with Gasteiger partial charge in [-0.25, -0.2) is 13.2 Å². The maximum atomic E-state index is 13.5.